The summed E-state index contributed by atoms with van der Waals surface area (Å²) in [4.78, 5) is 47.2. The number of nitrogens with zero attached hydrogens (tertiary/aromatic N) is 2. The first-order valence-corrected chi connectivity index (χ1v) is 20.4. The summed E-state index contributed by atoms with van der Waals surface area (Å²) in [6, 6.07) is 3.69. The monoisotopic (exact) mass is 743 g/mol. The smallest absolute Gasteiger partial charge is 0.461 e. The van der Waals surface area contributed by atoms with Gasteiger partial charge in [-0.2, -0.15) is 0 Å². The molecule has 278 valence electrons. The summed E-state index contributed by atoms with van der Waals surface area (Å²) < 4.78 is 49.2. The van der Waals surface area contributed by atoms with Gasteiger partial charge >= 0.3 is 19.1 Å². The van der Waals surface area contributed by atoms with Gasteiger partial charge < -0.3 is 29.0 Å². The Kier molecular flexibility index (Phi) is 10.2. The van der Waals surface area contributed by atoms with E-state index in [1.165, 1.54) is 23.3 Å². The minimum atomic E-state index is -3.21. The fourth-order valence-electron chi connectivity index (χ4n) is 8.47. The number of ketones is 1. The van der Waals surface area contributed by atoms with Gasteiger partial charge in [0.05, 0.1) is 41.0 Å². The highest BCUT2D eigenvalue weighted by molar-refractivity contribution is 7.91. The van der Waals surface area contributed by atoms with Crippen LogP contribution in [0.5, 0.6) is 5.75 Å². The molecule has 2 aliphatic heterocycles. The molecule has 1 aromatic carbocycles. The number of aromatic nitrogens is 1. The minimum Gasteiger partial charge on any atom is -0.496 e. The number of amides is 2. The number of Topliss-reactive ketones (excluding diaryl/α,β-unsaturated/α-hetero) is 1. The van der Waals surface area contributed by atoms with Crippen molar-refractivity contribution in [2.45, 2.75) is 103 Å². The van der Waals surface area contributed by atoms with Crippen LogP contribution < -0.4 is 10.1 Å². The van der Waals surface area contributed by atoms with Crippen LogP contribution in [0.4, 0.5) is 4.79 Å². The summed E-state index contributed by atoms with van der Waals surface area (Å²) in [5.41, 5.74) is 0.259. The number of para-hydroxylation sites is 1. The summed E-state index contributed by atoms with van der Waals surface area (Å²) in [5.74, 6) is -0.398. The molecule has 1 N–H and O–H groups in total. The number of urea groups is 1. The highest BCUT2D eigenvalue weighted by Gasteiger charge is 2.68. The minimum absolute atomic E-state index is 0.0410. The Balaban J connectivity index is 1.31. The van der Waals surface area contributed by atoms with Crippen molar-refractivity contribution in [1.82, 2.24) is 15.2 Å². The summed E-state index contributed by atoms with van der Waals surface area (Å²) >= 11 is 1.37. The molecule has 5 fully saturated rings. The third-order valence-corrected chi connectivity index (χ3v) is 13.8. The Labute approximate surface area is 305 Å². The second-order valence-corrected chi connectivity index (χ2v) is 19.7. The van der Waals surface area contributed by atoms with E-state index in [0.717, 1.165) is 17.8 Å². The van der Waals surface area contributed by atoms with Crippen LogP contribution in [0.25, 0.3) is 0 Å². The Morgan fingerprint density at radius 3 is 2.47 bits per heavy atom. The van der Waals surface area contributed by atoms with Gasteiger partial charge in [0, 0.05) is 30.7 Å². The van der Waals surface area contributed by atoms with E-state index in [1.54, 1.807) is 38.3 Å². The molecule has 0 spiro atoms. The normalized spacial score (nSPS) is 27.5. The standard InChI is InChI=1S/C36H50BN3O9S2/c1-21-38-26(20-50-21)30(39-33(43)40-12-14-51(44,45)15-13-40)27(41)19-24(37-48-29-18-23-17-28(35(23,5)6)36(29,7)49-37)16-22-10-9-11-25(31(22)46-8)32(42)47-34(2,3)4/h9-11,20,23-24,28-30H,12-19H2,1-8H3,(H,39,43)/t23?,24-,28?,29?,30?,36+/m1/s1. The molecule has 6 atom stereocenters. The molecule has 7 rings (SSSR count). The van der Waals surface area contributed by atoms with Crippen molar-refractivity contribution in [1.29, 1.82) is 0 Å². The number of carbonyl (C=O) groups excluding carboxylic acids is 3. The first-order chi connectivity index (χ1) is 23.8. The van der Waals surface area contributed by atoms with Gasteiger partial charge in [-0.05, 0) is 82.8 Å². The molecular weight excluding hydrogens is 693 g/mol. The molecule has 51 heavy (non-hydrogen) atoms. The molecule has 1 aromatic heterocycles. The van der Waals surface area contributed by atoms with E-state index in [2.05, 4.69) is 31.1 Å². The first kappa shape index (κ1) is 37.7. The molecule has 2 aromatic rings. The van der Waals surface area contributed by atoms with Crippen LogP contribution in [0.3, 0.4) is 0 Å². The predicted molar refractivity (Wildman–Crippen MR) is 194 cm³/mol. The molecule has 5 aliphatic rings. The molecule has 2 saturated heterocycles. The van der Waals surface area contributed by atoms with Crippen molar-refractivity contribution in [3.63, 3.8) is 0 Å². The third-order valence-electron chi connectivity index (χ3n) is 11.4. The van der Waals surface area contributed by atoms with Gasteiger partial charge in [0.25, 0.3) is 0 Å². The van der Waals surface area contributed by atoms with Crippen LogP contribution in [0.15, 0.2) is 23.6 Å². The van der Waals surface area contributed by atoms with E-state index in [-0.39, 0.29) is 60.3 Å². The Hall–Kier alpha value is -3.01. The average Bonchev–Trinajstić information content (AvgIpc) is 3.64. The van der Waals surface area contributed by atoms with Crippen molar-refractivity contribution in [2.24, 2.45) is 17.3 Å². The zero-order valence-electron chi connectivity index (χ0n) is 30.8. The van der Waals surface area contributed by atoms with Crippen molar-refractivity contribution < 1.29 is 41.6 Å². The number of carbonyl (C=O) groups is 3. The topological polar surface area (TPSA) is 150 Å². The number of benzene rings is 1. The first-order valence-electron chi connectivity index (χ1n) is 17.7. The summed E-state index contributed by atoms with van der Waals surface area (Å²) in [6.07, 6.45) is 2.05. The molecule has 3 heterocycles. The number of methoxy groups -OCH3 is 1. The van der Waals surface area contributed by atoms with E-state index in [0.29, 0.717) is 28.8 Å². The predicted octanol–water partition coefficient (Wildman–Crippen LogP) is 5.20. The lowest BCUT2D eigenvalue weighted by Gasteiger charge is -2.64. The lowest BCUT2D eigenvalue weighted by atomic mass is 9.43. The maximum Gasteiger partial charge on any atom is 0.461 e. The molecule has 3 saturated carbocycles. The number of sulfone groups is 1. The van der Waals surface area contributed by atoms with Gasteiger partial charge in [-0.15, -0.1) is 11.3 Å². The number of aryl methyl sites for hydroxylation is 1. The largest absolute Gasteiger partial charge is 0.496 e. The lowest BCUT2D eigenvalue weighted by Crippen LogP contribution is -2.65. The van der Waals surface area contributed by atoms with Crippen LogP contribution in [0.1, 0.15) is 93.5 Å². The number of thiazole rings is 1. The van der Waals surface area contributed by atoms with Gasteiger partial charge in [-0.25, -0.2) is 23.0 Å². The summed E-state index contributed by atoms with van der Waals surface area (Å²) in [7, 11) is -2.45. The highest BCUT2D eigenvalue weighted by atomic mass is 32.2. The van der Waals surface area contributed by atoms with E-state index < -0.39 is 52.0 Å². The zero-order valence-corrected chi connectivity index (χ0v) is 32.4. The molecule has 4 unspecified atom stereocenters. The maximum absolute atomic E-state index is 14.5. The Bertz CT molecular complexity index is 1780. The third kappa shape index (κ3) is 7.59. The van der Waals surface area contributed by atoms with Gasteiger partial charge in [0.15, 0.2) is 15.6 Å². The second-order valence-electron chi connectivity index (χ2n) is 16.3. The fourth-order valence-corrected chi connectivity index (χ4v) is 10.3. The quantitative estimate of drug-likeness (QED) is 0.254. The number of ether oxygens (including phenoxy) is 2. The molecular formula is C36H50BN3O9S2. The SMILES string of the molecule is COc1c(C[C@H](CC(=O)C(NC(=O)N2CCS(=O)(=O)CC2)c2csc(C)n2)B2OC3CC4CC(C4(C)C)[C@]3(C)O2)cccc1C(=O)OC(C)(C)C. The Morgan fingerprint density at radius 1 is 1.16 bits per heavy atom. The van der Waals surface area contributed by atoms with E-state index in [9.17, 15) is 22.8 Å². The summed E-state index contributed by atoms with van der Waals surface area (Å²) in [5, 5.41) is 5.37. The summed E-state index contributed by atoms with van der Waals surface area (Å²) in [6.45, 7) is 14.0. The highest BCUT2D eigenvalue weighted by Crippen LogP contribution is 2.66. The number of hydrogen-bond donors (Lipinski definition) is 1. The van der Waals surface area contributed by atoms with E-state index >= 15 is 0 Å². The van der Waals surface area contributed by atoms with Gasteiger partial charge in [0.2, 0.25) is 0 Å². The number of hydrogen-bond acceptors (Lipinski definition) is 11. The zero-order chi connectivity index (χ0) is 37.1. The molecule has 3 aliphatic carbocycles. The molecule has 15 heteroatoms. The molecule has 2 bridgehead atoms. The van der Waals surface area contributed by atoms with Crippen LogP contribution in [0, 0.1) is 24.2 Å². The van der Waals surface area contributed by atoms with Gasteiger partial charge in [0.1, 0.15) is 23.0 Å². The van der Waals surface area contributed by atoms with E-state index in [1.807, 2.05) is 13.0 Å². The van der Waals surface area contributed by atoms with Crippen molar-refractivity contribution in [3.8, 4) is 5.75 Å². The number of nitrogens with one attached hydrogen (secondary N) is 1. The Morgan fingerprint density at radius 2 is 1.86 bits per heavy atom. The number of esters is 1. The maximum atomic E-state index is 14.5. The van der Waals surface area contributed by atoms with E-state index in [4.69, 9.17) is 18.8 Å². The fraction of sp³-hybridized carbons (Fsp3) is 0.667. The second kappa shape index (κ2) is 13.8. The molecule has 0 radical (unpaired) electrons. The molecule has 12 nitrogen and oxygen atoms in total. The van der Waals surface area contributed by atoms with Crippen LogP contribution in [0.2, 0.25) is 5.82 Å². The average molecular weight is 744 g/mol. The number of rotatable bonds is 10. The van der Waals surface area contributed by atoms with Crippen molar-refractivity contribution in [2.75, 3.05) is 31.7 Å². The van der Waals surface area contributed by atoms with Crippen molar-refractivity contribution in [3.05, 3.63) is 45.4 Å². The van der Waals surface area contributed by atoms with Crippen LogP contribution in [-0.2, 0) is 35.1 Å². The molecule has 2 amide bonds. The van der Waals surface area contributed by atoms with Gasteiger partial charge in [-0.1, -0.05) is 26.0 Å². The van der Waals surface area contributed by atoms with Crippen LogP contribution >= 0.6 is 11.3 Å². The van der Waals surface area contributed by atoms with Crippen molar-refractivity contribution >= 4 is 46.1 Å². The lowest BCUT2D eigenvalue weighted by molar-refractivity contribution is -0.199. The van der Waals surface area contributed by atoms with Crippen LogP contribution in [-0.4, -0.2) is 92.2 Å². The van der Waals surface area contributed by atoms with Gasteiger partial charge in [-0.3, -0.25) is 4.79 Å².